The molecule has 2 atom stereocenters. The van der Waals surface area contributed by atoms with Crippen molar-refractivity contribution in [3.8, 4) is 0 Å². The van der Waals surface area contributed by atoms with E-state index in [9.17, 15) is 14.0 Å². The molecule has 1 aromatic carbocycles. The van der Waals surface area contributed by atoms with E-state index in [0.717, 1.165) is 0 Å². The number of rotatable bonds is 6. The molecular formula is C19H21FN2O3S. The molecule has 1 aromatic heterocycles. The smallest absolute Gasteiger partial charge is 0.335 e. The van der Waals surface area contributed by atoms with Crippen molar-refractivity contribution in [2.45, 2.75) is 25.2 Å². The molecule has 1 aliphatic rings. The predicted molar refractivity (Wildman–Crippen MR) is 98.4 cm³/mol. The van der Waals surface area contributed by atoms with Gasteiger partial charge in [0.15, 0.2) is 0 Å². The van der Waals surface area contributed by atoms with Crippen molar-refractivity contribution in [1.82, 2.24) is 9.80 Å². The van der Waals surface area contributed by atoms with Crippen LogP contribution in [0.25, 0.3) is 0 Å². The third-order valence-electron chi connectivity index (χ3n) is 4.60. The molecule has 5 nitrogen and oxygen atoms in total. The van der Waals surface area contributed by atoms with Crippen LogP contribution in [0.2, 0.25) is 0 Å². The Balaban J connectivity index is 1.67. The number of carbonyl (C=O) groups excluding carboxylic acids is 1. The first kappa shape index (κ1) is 18.5. The lowest BCUT2D eigenvalue weighted by atomic mass is 10.1. The molecule has 1 amide bonds. The van der Waals surface area contributed by atoms with Gasteiger partial charge in [-0.1, -0.05) is 12.1 Å². The number of carboxylic acid groups (broad SMARTS) is 1. The van der Waals surface area contributed by atoms with Crippen LogP contribution < -0.4 is 0 Å². The molecule has 0 unspecified atom stereocenters. The second-order valence-electron chi connectivity index (χ2n) is 6.57. The van der Waals surface area contributed by atoms with Gasteiger partial charge in [0, 0.05) is 43.2 Å². The van der Waals surface area contributed by atoms with Crippen LogP contribution in [0.15, 0.2) is 41.8 Å². The maximum absolute atomic E-state index is 14.0. The van der Waals surface area contributed by atoms with Crippen molar-refractivity contribution in [1.29, 1.82) is 0 Å². The average Bonchev–Trinajstić information content (AvgIpc) is 3.24. The zero-order valence-corrected chi connectivity index (χ0v) is 15.3. The maximum Gasteiger partial charge on any atom is 0.335 e. The van der Waals surface area contributed by atoms with Gasteiger partial charge in [0.05, 0.1) is 5.56 Å². The Bertz CT molecular complexity index is 781. The van der Waals surface area contributed by atoms with Crippen molar-refractivity contribution < 1.29 is 19.1 Å². The number of benzene rings is 1. The average molecular weight is 376 g/mol. The van der Waals surface area contributed by atoms with Crippen LogP contribution in [0.3, 0.4) is 0 Å². The number of carboxylic acids is 1. The first-order chi connectivity index (χ1) is 12.4. The monoisotopic (exact) mass is 376 g/mol. The number of thiophene rings is 1. The summed E-state index contributed by atoms with van der Waals surface area (Å²) in [6.45, 7) is 1.46. The highest BCUT2D eigenvalue weighted by Crippen LogP contribution is 2.25. The van der Waals surface area contributed by atoms with Gasteiger partial charge in [-0.15, -0.1) is 11.3 Å². The summed E-state index contributed by atoms with van der Waals surface area (Å²) in [7, 11) is 1.67. The summed E-state index contributed by atoms with van der Waals surface area (Å²) in [4.78, 5) is 28.5. The van der Waals surface area contributed by atoms with E-state index in [0.29, 0.717) is 31.6 Å². The van der Waals surface area contributed by atoms with Crippen molar-refractivity contribution in [2.75, 3.05) is 20.1 Å². The van der Waals surface area contributed by atoms with Gasteiger partial charge in [-0.05, 0) is 36.1 Å². The van der Waals surface area contributed by atoms with Gasteiger partial charge in [0.2, 0.25) is 0 Å². The summed E-state index contributed by atoms with van der Waals surface area (Å²) in [6, 6.07) is 9.93. The lowest BCUT2D eigenvalue weighted by Gasteiger charge is -2.28. The van der Waals surface area contributed by atoms with Crippen LogP contribution in [0.1, 0.15) is 32.0 Å². The van der Waals surface area contributed by atoms with E-state index in [1.807, 2.05) is 17.5 Å². The number of likely N-dealkylation sites (N-methyl/N-ethyl adjacent to an activating group) is 1. The number of hydrogen-bond acceptors (Lipinski definition) is 4. The van der Waals surface area contributed by atoms with E-state index in [1.165, 1.54) is 17.0 Å². The molecule has 2 heterocycles. The molecule has 0 radical (unpaired) electrons. The highest BCUT2D eigenvalue weighted by atomic mass is 32.1. The predicted octanol–water partition coefficient (Wildman–Crippen LogP) is 3.13. The Labute approximate surface area is 155 Å². The van der Waals surface area contributed by atoms with Gasteiger partial charge < -0.3 is 10.0 Å². The number of aromatic carboxylic acids is 1. The molecular weight excluding hydrogens is 355 g/mol. The molecule has 0 bridgehead atoms. The van der Waals surface area contributed by atoms with Gasteiger partial charge in [0.1, 0.15) is 6.17 Å². The second-order valence-corrected chi connectivity index (χ2v) is 7.60. The lowest BCUT2D eigenvalue weighted by molar-refractivity contribution is 0.0697. The molecule has 1 N–H and O–H groups in total. The second kappa shape index (κ2) is 7.97. The van der Waals surface area contributed by atoms with E-state index in [4.69, 9.17) is 5.11 Å². The fraction of sp³-hybridized carbons (Fsp3) is 0.368. The number of amides is 1. The summed E-state index contributed by atoms with van der Waals surface area (Å²) in [5.41, 5.74) is 0.403. The fourth-order valence-electron chi connectivity index (χ4n) is 3.31. The van der Waals surface area contributed by atoms with Crippen LogP contribution >= 0.6 is 11.3 Å². The molecule has 0 spiro atoms. The molecule has 1 fully saturated rings. The van der Waals surface area contributed by atoms with Crippen LogP contribution in [0, 0.1) is 0 Å². The highest BCUT2D eigenvalue weighted by molar-refractivity contribution is 7.09. The minimum absolute atomic E-state index is 0.0521. The van der Waals surface area contributed by atoms with Crippen LogP contribution in [-0.4, -0.2) is 59.1 Å². The maximum atomic E-state index is 14.0. The van der Waals surface area contributed by atoms with E-state index >= 15 is 0 Å². The highest BCUT2D eigenvalue weighted by Gasteiger charge is 2.33. The van der Waals surface area contributed by atoms with Crippen molar-refractivity contribution in [3.63, 3.8) is 0 Å². The Morgan fingerprint density at radius 3 is 2.77 bits per heavy atom. The zero-order chi connectivity index (χ0) is 18.7. The minimum Gasteiger partial charge on any atom is -0.478 e. The number of hydrogen-bond donors (Lipinski definition) is 1. The molecule has 0 saturated carbocycles. The largest absolute Gasteiger partial charge is 0.478 e. The van der Waals surface area contributed by atoms with Gasteiger partial charge in [0.25, 0.3) is 5.91 Å². The third kappa shape index (κ3) is 4.28. The quantitative estimate of drug-likeness (QED) is 0.841. The SMILES string of the molecule is CN(C[C@@H]1C[C@H](F)CN1Cc1cccs1)C(=O)c1cccc(C(=O)O)c1. The van der Waals surface area contributed by atoms with Crippen LogP contribution in [-0.2, 0) is 6.54 Å². The Morgan fingerprint density at radius 2 is 2.08 bits per heavy atom. The molecule has 2 aromatic rings. The van der Waals surface area contributed by atoms with E-state index in [-0.39, 0.29) is 17.5 Å². The number of nitrogens with zero attached hydrogens (tertiary/aromatic N) is 2. The Kier molecular flexibility index (Phi) is 5.68. The van der Waals surface area contributed by atoms with Crippen LogP contribution in [0.5, 0.6) is 0 Å². The fourth-order valence-corrected chi connectivity index (χ4v) is 4.04. The molecule has 1 aliphatic heterocycles. The van der Waals surface area contributed by atoms with Crippen molar-refractivity contribution in [3.05, 3.63) is 57.8 Å². The number of carbonyl (C=O) groups is 2. The van der Waals surface area contributed by atoms with Crippen molar-refractivity contribution >= 4 is 23.2 Å². The topological polar surface area (TPSA) is 60.9 Å². The Hall–Kier alpha value is -2.25. The third-order valence-corrected chi connectivity index (χ3v) is 5.46. The summed E-state index contributed by atoms with van der Waals surface area (Å²) in [6.07, 6.45) is -0.489. The summed E-state index contributed by atoms with van der Waals surface area (Å²) < 4.78 is 14.0. The summed E-state index contributed by atoms with van der Waals surface area (Å²) in [5, 5.41) is 11.1. The van der Waals surface area contributed by atoms with E-state index in [2.05, 4.69) is 4.90 Å². The lowest BCUT2D eigenvalue weighted by Crippen LogP contribution is -2.40. The van der Waals surface area contributed by atoms with Gasteiger partial charge in [-0.3, -0.25) is 9.69 Å². The first-order valence-corrected chi connectivity index (χ1v) is 9.31. The summed E-state index contributed by atoms with van der Waals surface area (Å²) >= 11 is 1.64. The number of alkyl halides is 1. The minimum atomic E-state index is -1.07. The Morgan fingerprint density at radius 1 is 1.31 bits per heavy atom. The number of likely N-dealkylation sites (tertiary alicyclic amines) is 1. The van der Waals surface area contributed by atoms with E-state index < -0.39 is 12.1 Å². The molecule has 3 rings (SSSR count). The summed E-state index contributed by atoms with van der Waals surface area (Å²) in [5.74, 6) is -1.33. The standard InChI is InChI=1S/C19H21FN2O3S/c1-21(18(23)13-4-2-5-14(8-13)19(24)25)11-16-9-15(20)10-22(16)12-17-6-3-7-26-17/h2-8,15-16H,9-12H2,1H3,(H,24,25)/t15-,16-/m0/s1. The molecule has 26 heavy (non-hydrogen) atoms. The first-order valence-electron chi connectivity index (χ1n) is 8.43. The zero-order valence-electron chi connectivity index (χ0n) is 14.5. The molecule has 0 aliphatic carbocycles. The molecule has 1 saturated heterocycles. The van der Waals surface area contributed by atoms with Crippen LogP contribution in [0.4, 0.5) is 4.39 Å². The molecule has 138 valence electrons. The molecule has 7 heteroatoms. The normalized spacial score (nSPS) is 20.2. The van der Waals surface area contributed by atoms with E-state index in [1.54, 1.807) is 35.4 Å². The number of halogens is 1. The van der Waals surface area contributed by atoms with Gasteiger partial charge in [-0.2, -0.15) is 0 Å². The van der Waals surface area contributed by atoms with Gasteiger partial charge in [-0.25, -0.2) is 9.18 Å². The van der Waals surface area contributed by atoms with Gasteiger partial charge >= 0.3 is 5.97 Å². The van der Waals surface area contributed by atoms with Crippen molar-refractivity contribution in [2.24, 2.45) is 0 Å².